The van der Waals surface area contributed by atoms with Crippen molar-refractivity contribution >= 4 is 44.6 Å². The van der Waals surface area contributed by atoms with Gasteiger partial charge in [-0.15, -0.1) is 0 Å². The van der Waals surface area contributed by atoms with Gasteiger partial charge in [-0.1, -0.05) is 103 Å². The van der Waals surface area contributed by atoms with E-state index >= 15 is 0 Å². The monoisotopic (exact) mass is 621 g/mol. The first-order chi connectivity index (χ1) is 21.7. The molecule has 1 heterocycles. The van der Waals surface area contributed by atoms with Crippen LogP contribution < -0.4 is 20.7 Å². The molecule has 11 heteroatoms. The van der Waals surface area contributed by atoms with Crippen LogP contribution in [0.4, 0.5) is 5.69 Å². The van der Waals surface area contributed by atoms with Crippen molar-refractivity contribution in [3.63, 3.8) is 0 Å². The lowest BCUT2D eigenvalue weighted by Crippen LogP contribution is -2.40. The van der Waals surface area contributed by atoms with E-state index in [2.05, 4.69) is 16.0 Å². The van der Waals surface area contributed by atoms with Gasteiger partial charge in [0.25, 0.3) is 5.56 Å². The van der Waals surface area contributed by atoms with E-state index in [1.54, 1.807) is 78.9 Å². The lowest BCUT2D eigenvalue weighted by atomic mass is 10.1. The first kappa shape index (κ1) is 30.9. The Kier molecular flexibility index (Phi) is 9.49. The molecule has 0 atom stereocenters. The number of sulfonamides is 1. The highest BCUT2D eigenvalue weighted by Crippen LogP contribution is 2.25. The van der Waals surface area contributed by atoms with Crippen LogP contribution >= 0.6 is 0 Å². The Labute approximate surface area is 260 Å². The molecule has 4 aromatic carbocycles. The molecule has 2 N–H and O–H groups in total. The molecule has 2 amide bonds. The minimum atomic E-state index is -4.09. The molecule has 0 aliphatic heterocycles. The summed E-state index contributed by atoms with van der Waals surface area (Å²) in [6, 6.07) is 33.4. The minimum Gasteiger partial charge on any atom is -0.274 e. The molecule has 1 aromatic heterocycles. The average Bonchev–Trinajstić information content (AvgIpc) is 3.02. The number of hydrogen-bond donors (Lipinski definition) is 2. The Balaban J connectivity index is 1.44. The third-order valence-electron chi connectivity index (χ3n) is 6.87. The summed E-state index contributed by atoms with van der Waals surface area (Å²) in [6.45, 7) is 1.13. The number of benzene rings is 4. The van der Waals surface area contributed by atoms with Gasteiger partial charge in [-0.2, -0.15) is 5.10 Å². The number of nitrogens with zero attached hydrogens (tertiary/aromatic N) is 3. The normalized spacial score (nSPS) is 11.4. The summed E-state index contributed by atoms with van der Waals surface area (Å²) < 4.78 is 30.1. The topological polar surface area (TPSA) is 130 Å². The zero-order valence-electron chi connectivity index (χ0n) is 24.5. The maximum Gasteiger partial charge on any atom is 0.294 e. The summed E-state index contributed by atoms with van der Waals surface area (Å²) in [7, 11) is -4.09. The van der Waals surface area contributed by atoms with Gasteiger partial charge >= 0.3 is 0 Å². The first-order valence-electron chi connectivity index (χ1n) is 14.1. The number of pyridine rings is 1. The highest BCUT2D eigenvalue weighted by Gasteiger charge is 2.27. The van der Waals surface area contributed by atoms with E-state index in [-0.39, 0.29) is 30.3 Å². The molecule has 0 unspecified atom stereocenters. The molecule has 0 fully saturated rings. The van der Waals surface area contributed by atoms with Gasteiger partial charge < -0.3 is 0 Å². The quantitative estimate of drug-likeness (QED) is 0.168. The van der Waals surface area contributed by atoms with Crippen molar-refractivity contribution < 1.29 is 18.0 Å². The zero-order chi connectivity index (χ0) is 31.8. The van der Waals surface area contributed by atoms with Gasteiger partial charge in [0.1, 0.15) is 5.69 Å². The van der Waals surface area contributed by atoms with Crippen LogP contribution in [0.15, 0.2) is 125 Å². The fraction of sp³-hybridized carbons (Fsp3) is 0.118. The number of amides is 2. The third kappa shape index (κ3) is 7.89. The molecule has 0 radical (unpaired) electrons. The van der Waals surface area contributed by atoms with Crippen LogP contribution in [-0.4, -0.2) is 31.1 Å². The molecular weight excluding hydrogens is 590 g/mol. The van der Waals surface area contributed by atoms with Crippen LogP contribution in [0.1, 0.15) is 29.2 Å². The second-order valence-corrected chi connectivity index (χ2v) is 12.2. The molecule has 5 aromatic rings. The summed E-state index contributed by atoms with van der Waals surface area (Å²) in [6.07, 6.45) is 1.69. The highest BCUT2D eigenvalue weighted by molar-refractivity contribution is 7.92. The lowest BCUT2D eigenvalue weighted by molar-refractivity contribution is -0.120. The van der Waals surface area contributed by atoms with E-state index in [1.807, 2.05) is 30.3 Å². The van der Waals surface area contributed by atoms with Crippen LogP contribution in [0.3, 0.4) is 0 Å². The van der Waals surface area contributed by atoms with E-state index in [4.69, 9.17) is 0 Å². The van der Waals surface area contributed by atoms with E-state index < -0.39 is 21.5 Å². The Hall–Kier alpha value is -5.55. The molecule has 0 spiro atoms. The number of para-hydroxylation sites is 1. The smallest absolute Gasteiger partial charge is 0.274 e. The van der Waals surface area contributed by atoms with Crippen LogP contribution in [0, 0.1) is 0 Å². The standard InChI is InChI=1S/C34H31N5O5S/c1-25(40)37-39-31-15-9-8-14-30(31)21-32(34(39)42)38(45(43,44)24-29-12-6-3-7-13-29)23-28-18-16-27(17-19-28)22-35-36-33(41)20-26-10-4-2-5-11-26/h2-19,21-22H,20,23-24H2,1H3,(H,36,41)(H,37,40). The number of rotatable bonds is 11. The van der Waals surface area contributed by atoms with E-state index in [1.165, 1.54) is 19.2 Å². The van der Waals surface area contributed by atoms with Crippen molar-refractivity contribution in [3.05, 3.63) is 148 Å². The van der Waals surface area contributed by atoms with Crippen molar-refractivity contribution in [1.82, 2.24) is 10.1 Å². The minimum absolute atomic E-state index is 0.106. The van der Waals surface area contributed by atoms with Crippen LogP contribution in [0.2, 0.25) is 0 Å². The van der Waals surface area contributed by atoms with Gasteiger partial charge in [0.05, 0.1) is 30.4 Å². The summed E-state index contributed by atoms with van der Waals surface area (Å²) in [4.78, 5) is 38.0. The van der Waals surface area contributed by atoms with Gasteiger partial charge in [-0.05, 0) is 34.4 Å². The molecule has 10 nitrogen and oxygen atoms in total. The van der Waals surface area contributed by atoms with E-state index in [0.29, 0.717) is 27.6 Å². The molecular formula is C34H31N5O5S. The Morgan fingerprint density at radius 1 is 0.822 bits per heavy atom. The Morgan fingerprint density at radius 3 is 2.11 bits per heavy atom. The maximum atomic E-state index is 14.0. The maximum absolute atomic E-state index is 14.0. The zero-order valence-corrected chi connectivity index (χ0v) is 25.3. The number of nitrogens with one attached hydrogen (secondary N) is 2. The lowest BCUT2D eigenvalue weighted by Gasteiger charge is -2.25. The number of fused-ring (bicyclic) bond motifs is 1. The molecule has 0 saturated heterocycles. The molecule has 0 bridgehead atoms. The summed E-state index contributed by atoms with van der Waals surface area (Å²) in [5.74, 6) is -1.08. The number of aromatic nitrogens is 1. The Bertz CT molecular complexity index is 2010. The number of hydrogen-bond acceptors (Lipinski definition) is 6. The highest BCUT2D eigenvalue weighted by atomic mass is 32.2. The van der Waals surface area contributed by atoms with Crippen molar-refractivity contribution in [2.75, 3.05) is 9.73 Å². The first-order valence-corrected chi connectivity index (χ1v) is 15.7. The molecule has 45 heavy (non-hydrogen) atoms. The van der Waals surface area contributed by atoms with Gasteiger partial charge in [0.15, 0.2) is 0 Å². The molecule has 228 valence electrons. The van der Waals surface area contributed by atoms with Gasteiger partial charge in [0.2, 0.25) is 21.8 Å². The molecule has 0 saturated carbocycles. The number of hydrazone groups is 1. The van der Waals surface area contributed by atoms with Gasteiger partial charge in [-0.25, -0.2) is 18.5 Å². The fourth-order valence-corrected chi connectivity index (χ4v) is 6.31. The van der Waals surface area contributed by atoms with Crippen LogP contribution in [0.5, 0.6) is 0 Å². The van der Waals surface area contributed by atoms with E-state index in [9.17, 15) is 22.8 Å². The third-order valence-corrected chi connectivity index (χ3v) is 8.57. The van der Waals surface area contributed by atoms with Crippen molar-refractivity contribution in [2.24, 2.45) is 5.10 Å². The fourth-order valence-electron chi connectivity index (χ4n) is 4.76. The van der Waals surface area contributed by atoms with Crippen molar-refractivity contribution in [1.29, 1.82) is 0 Å². The Morgan fingerprint density at radius 2 is 1.44 bits per heavy atom. The predicted octanol–water partition coefficient (Wildman–Crippen LogP) is 4.32. The van der Waals surface area contributed by atoms with Crippen LogP contribution in [0.25, 0.3) is 10.9 Å². The second-order valence-electron chi connectivity index (χ2n) is 10.3. The summed E-state index contributed by atoms with van der Waals surface area (Å²) >= 11 is 0. The summed E-state index contributed by atoms with van der Waals surface area (Å²) in [5.41, 5.74) is 7.39. The molecule has 0 aliphatic carbocycles. The van der Waals surface area contributed by atoms with Gasteiger partial charge in [0, 0.05) is 12.3 Å². The summed E-state index contributed by atoms with van der Waals surface area (Å²) in [5, 5.41) is 4.60. The van der Waals surface area contributed by atoms with Crippen LogP contribution in [-0.2, 0) is 38.3 Å². The number of anilines is 1. The van der Waals surface area contributed by atoms with Crippen molar-refractivity contribution in [3.8, 4) is 0 Å². The SMILES string of the molecule is CC(=O)Nn1c(=O)c(N(Cc2ccc(C=NNC(=O)Cc3ccccc3)cc2)S(=O)(=O)Cc2ccccc2)cc2ccccc21. The number of carbonyl (C=O) groups excluding carboxylic acids is 2. The molecule has 0 aliphatic rings. The largest absolute Gasteiger partial charge is 0.294 e. The average molecular weight is 622 g/mol. The van der Waals surface area contributed by atoms with Crippen molar-refractivity contribution in [2.45, 2.75) is 25.6 Å². The van der Waals surface area contributed by atoms with E-state index in [0.717, 1.165) is 14.5 Å². The predicted molar refractivity (Wildman–Crippen MR) is 176 cm³/mol. The number of carbonyl (C=O) groups is 2. The molecule has 5 rings (SSSR count). The van der Waals surface area contributed by atoms with Gasteiger partial charge in [-0.3, -0.25) is 24.1 Å². The second kappa shape index (κ2) is 13.8.